The number of nitrogens with zero attached hydrogens (tertiary/aromatic N) is 1. The average molecular weight is 289 g/mol. The first-order chi connectivity index (χ1) is 9.51. The van der Waals surface area contributed by atoms with Crippen molar-refractivity contribution in [1.29, 1.82) is 0 Å². The van der Waals surface area contributed by atoms with Gasteiger partial charge < -0.3 is 0 Å². The molecule has 0 aliphatic heterocycles. The van der Waals surface area contributed by atoms with E-state index >= 15 is 0 Å². The van der Waals surface area contributed by atoms with Crippen LogP contribution >= 0.6 is 11.8 Å². The van der Waals surface area contributed by atoms with Crippen LogP contribution < -0.4 is 0 Å². The van der Waals surface area contributed by atoms with Crippen molar-refractivity contribution >= 4 is 17.5 Å². The molecule has 0 saturated heterocycles. The van der Waals surface area contributed by atoms with Crippen LogP contribution in [0.15, 0.2) is 54.5 Å². The molecule has 0 radical (unpaired) electrons. The Morgan fingerprint density at radius 1 is 1.20 bits per heavy atom. The maximum Gasteiger partial charge on any atom is 0.183 e. The largest absolute Gasteiger partial charge is 0.296 e. The first-order valence-electron chi connectivity index (χ1n) is 6.60. The molecular formula is C17H23NOS. The van der Waals surface area contributed by atoms with E-state index in [0.29, 0.717) is 12.8 Å². The van der Waals surface area contributed by atoms with Crippen LogP contribution in [-0.4, -0.2) is 36.6 Å². The molecule has 0 N–H and O–H groups in total. The third-order valence-electron chi connectivity index (χ3n) is 3.59. The van der Waals surface area contributed by atoms with Crippen LogP contribution in [0.2, 0.25) is 0 Å². The number of ketones is 1. The Labute approximate surface area is 126 Å². The molecule has 0 aromatic heterocycles. The summed E-state index contributed by atoms with van der Waals surface area (Å²) in [5.74, 6) is 0.120. The van der Waals surface area contributed by atoms with Crippen LogP contribution in [0.4, 0.5) is 0 Å². The summed E-state index contributed by atoms with van der Waals surface area (Å²) in [7, 11) is 3.86. The quantitative estimate of drug-likeness (QED) is 0.409. The van der Waals surface area contributed by atoms with Crippen molar-refractivity contribution in [3.63, 3.8) is 0 Å². The highest BCUT2D eigenvalue weighted by molar-refractivity contribution is 7.98. The summed E-state index contributed by atoms with van der Waals surface area (Å²) in [6.07, 6.45) is 6.84. The number of hydrogen-bond acceptors (Lipinski definition) is 3. The Balaban J connectivity index is 3.20. The summed E-state index contributed by atoms with van der Waals surface area (Å²) in [6.45, 7) is 7.59. The minimum atomic E-state index is -0.593. The van der Waals surface area contributed by atoms with Crippen molar-refractivity contribution in [1.82, 2.24) is 4.90 Å². The van der Waals surface area contributed by atoms with Crippen molar-refractivity contribution in [2.75, 3.05) is 20.4 Å². The van der Waals surface area contributed by atoms with Crippen molar-refractivity contribution in [2.24, 2.45) is 0 Å². The SMILES string of the molecule is C=CCC(CC=C)(C(=O)c1ccc(SC)cc1)N(C)C. The van der Waals surface area contributed by atoms with Gasteiger partial charge in [0.15, 0.2) is 5.78 Å². The van der Waals surface area contributed by atoms with Crippen molar-refractivity contribution < 1.29 is 4.79 Å². The van der Waals surface area contributed by atoms with E-state index in [4.69, 9.17) is 0 Å². The summed E-state index contributed by atoms with van der Waals surface area (Å²) < 4.78 is 0. The van der Waals surface area contributed by atoms with Gasteiger partial charge in [0.2, 0.25) is 0 Å². The Bertz CT molecular complexity index is 466. The Kier molecular flexibility index (Phi) is 6.24. The number of thioether (sulfide) groups is 1. The first-order valence-corrected chi connectivity index (χ1v) is 7.82. The summed E-state index contributed by atoms with van der Waals surface area (Å²) in [5, 5.41) is 0. The highest BCUT2D eigenvalue weighted by Gasteiger charge is 2.38. The van der Waals surface area contributed by atoms with Gasteiger partial charge in [0.05, 0.1) is 5.54 Å². The Morgan fingerprint density at radius 3 is 2.05 bits per heavy atom. The number of Topliss-reactive ketones (excluding diaryl/α,β-unsaturated/α-hetero) is 1. The van der Waals surface area contributed by atoms with Gasteiger partial charge in [-0.05, 0) is 45.3 Å². The molecule has 1 aromatic rings. The molecule has 0 aliphatic carbocycles. The van der Waals surface area contributed by atoms with Crippen LogP contribution in [0.3, 0.4) is 0 Å². The van der Waals surface area contributed by atoms with Gasteiger partial charge in [-0.2, -0.15) is 0 Å². The Hall–Kier alpha value is -1.32. The second-order valence-corrected chi connectivity index (χ2v) is 5.85. The standard InChI is InChI=1S/C17H23NOS/c1-6-12-17(13-7-2,18(3)4)16(19)14-8-10-15(20-5)11-9-14/h6-11H,1-2,12-13H2,3-5H3. The lowest BCUT2D eigenvalue weighted by Crippen LogP contribution is -2.50. The van der Waals surface area contributed by atoms with Gasteiger partial charge in [0.25, 0.3) is 0 Å². The molecule has 1 rings (SSSR count). The fourth-order valence-corrected chi connectivity index (χ4v) is 2.73. The van der Waals surface area contributed by atoms with Gasteiger partial charge >= 0.3 is 0 Å². The number of benzene rings is 1. The minimum absolute atomic E-state index is 0.120. The summed E-state index contributed by atoms with van der Waals surface area (Å²) in [4.78, 5) is 16.1. The molecule has 0 bridgehead atoms. The molecule has 3 heteroatoms. The average Bonchev–Trinajstić information content (AvgIpc) is 2.46. The molecule has 0 aliphatic rings. The molecule has 20 heavy (non-hydrogen) atoms. The molecule has 0 unspecified atom stereocenters. The summed E-state index contributed by atoms with van der Waals surface area (Å²) >= 11 is 1.67. The van der Waals surface area contributed by atoms with Gasteiger partial charge in [0.1, 0.15) is 0 Å². The van der Waals surface area contributed by atoms with Crippen LogP contribution in [0.5, 0.6) is 0 Å². The molecule has 0 saturated carbocycles. The third-order valence-corrected chi connectivity index (χ3v) is 4.34. The molecular weight excluding hydrogens is 266 g/mol. The van der Waals surface area contributed by atoms with E-state index in [1.54, 1.807) is 23.9 Å². The predicted molar refractivity (Wildman–Crippen MR) is 88.6 cm³/mol. The number of hydrogen-bond donors (Lipinski definition) is 0. The molecule has 0 fully saturated rings. The van der Waals surface area contributed by atoms with E-state index < -0.39 is 5.54 Å². The zero-order valence-electron chi connectivity index (χ0n) is 12.6. The summed E-state index contributed by atoms with van der Waals surface area (Å²) in [5.41, 5.74) is 0.143. The number of carbonyl (C=O) groups excluding carboxylic acids is 1. The van der Waals surface area contributed by atoms with Crippen LogP contribution in [0.25, 0.3) is 0 Å². The van der Waals surface area contributed by atoms with E-state index in [0.717, 1.165) is 10.5 Å². The van der Waals surface area contributed by atoms with E-state index in [1.807, 2.05) is 49.5 Å². The fraction of sp³-hybridized carbons (Fsp3) is 0.353. The molecule has 0 spiro atoms. The number of likely N-dealkylation sites (N-methyl/N-ethyl adjacent to an activating group) is 1. The molecule has 0 atom stereocenters. The van der Waals surface area contributed by atoms with E-state index in [1.165, 1.54) is 0 Å². The lowest BCUT2D eigenvalue weighted by atomic mass is 9.82. The maximum absolute atomic E-state index is 12.9. The van der Waals surface area contributed by atoms with Gasteiger partial charge in [-0.3, -0.25) is 9.69 Å². The molecule has 0 amide bonds. The van der Waals surface area contributed by atoms with E-state index in [-0.39, 0.29) is 5.78 Å². The van der Waals surface area contributed by atoms with Crippen molar-refractivity contribution in [3.8, 4) is 0 Å². The van der Waals surface area contributed by atoms with Crippen LogP contribution in [0, 0.1) is 0 Å². The van der Waals surface area contributed by atoms with Crippen LogP contribution in [0.1, 0.15) is 23.2 Å². The normalized spacial score (nSPS) is 11.4. The molecule has 108 valence electrons. The number of rotatable bonds is 8. The van der Waals surface area contributed by atoms with Gasteiger partial charge in [0, 0.05) is 10.5 Å². The molecule has 0 heterocycles. The Morgan fingerprint density at radius 2 is 1.70 bits per heavy atom. The number of carbonyl (C=O) groups is 1. The topological polar surface area (TPSA) is 20.3 Å². The van der Waals surface area contributed by atoms with E-state index in [2.05, 4.69) is 13.2 Å². The second-order valence-electron chi connectivity index (χ2n) is 4.97. The monoisotopic (exact) mass is 289 g/mol. The third kappa shape index (κ3) is 3.41. The fourth-order valence-electron chi connectivity index (χ4n) is 2.33. The minimum Gasteiger partial charge on any atom is -0.296 e. The van der Waals surface area contributed by atoms with Crippen LogP contribution in [-0.2, 0) is 0 Å². The predicted octanol–water partition coefficient (Wildman–Crippen LogP) is 4.04. The highest BCUT2D eigenvalue weighted by Crippen LogP contribution is 2.28. The van der Waals surface area contributed by atoms with Crippen molar-refractivity contribution in [3.05, 3.63) is 55.1 Å². The maximum atomic E-state index is 12.9. The lowest BCUT2D eigenvalue weighted by Gasteiger charge is -2.37. The lowest BCUT2D eigenvalue weighted by molar-refractivity contribution is 0.0690. The molecule has 1 aromatic carbocycles. The highest BCUT2D eigenvalue weighted by atomic mass is 32.2. The van der Waals surface area contributed by atoms with Gasteiger partial charge in [-0.25, -0.2) is 0 Å². The van der Waals surface area contributed by atoms with Gasteiger partial charge in [-0.1, -0.05) is 24.3 Å². The van der Waals surface area contributed by atoms with Gasteiger partial charge in [-0.15, -0.1) is 24.9 Å². The second kappa shape index (κ2) is 7.46. The summed E-state index contributed by atoms with van der Waals surface area (Å²) in [6, 6.07) is 7.78. The van der Waals surface area contributed by atoms with E-state index in [9.17, 15) is 4.79 Å². The smallest absolute Gasteiger partial charge is 0.183 e. The molecule has 2 nitrogen and oxygen atoms in total. The van der Waals surface area contributed by atoms with Crippen molar-refractivity contribution in [2.45, 2.75) is 23.3 Å². The zero-order chi connectivity index (χ0) is 15.2. The first kappa shape index (κ1) is 16.7. The zero-order valence-corrected chi connectivity index (χ0v) is 13.4.